The van der Waals surface area contributed by atoms with E-state index in [0.717, 1.165) is 12.2 Å². The Balaban J connectivity index is 1.95. The summed E-state index contributed by atoms with van der Waals surface area (Å²) in [4.78, 5) is 0. The van der Waals surface area contributed by atoms with Gasteiger partial charge in [-0.1, -0.05) is 0 Å². The number of ether oxygens (including phenoxy) is 1. The van der Waals surface area contributed by atoms with Crippen LogP contribution in [0, 0.1) is 5.92 Å². The van der Waals surface area contributed by atoms with Crippen molar-refractivity contribution in [3.63, 3.8) is 0 Å². The third-order valence-corrected chi connectivity index (χ3v) is 2.21. The van der Waals surface area contributed by atoms with Crippen molar-refractivity contribution in [3.8, 4) is 0 Å². The van der Waals surface area contributed by atoms with Crippen LogP contribution < -0.4 is 0 Å². The van der Waals surface area contributed by atoms with Crippen molar-refractivity contribution in [1.29, 1.82) is 0 Å². The van der Waals surface area contributed by atoms with Gasteiger partial charge in [0.1, 0.15) is 5.76 Å². The van der Waals surface area contributed by atoms with Gasteiger partial charge in [-0.3, -0.25) is 0 Å². The largest absolute Gasteiger partial charge is 0.469 e. The van der Waals surface area contributed by atoms with Crippen LogP contribution in [0.3, 0.4) is 0 Å². The van der Waals surface area contributed by atoms with Crippen molar-refractivity contribution >= 4 is 0 Å². The van der Waals surface area contributed by atoms with Crippen LogP contribution in [-0.4, -0.2) is 24.4 Å². The maximum absolute atomic E-state index is 9.42. The molecule has 66 valence electrons. The molecule has 2 rings (SSSR count). The van der Waals surface area contributed by atoms with Gasteiger partial charge in [-0.05, 0) is 12.1 Å². The van der Waals surface area contributed by atoms with Gasteiger partial charge in [-0.2, -0.15) is 0 Å². The monoisotopic (exact) mass is 168 g/mol. The van der Waals surface area contributed by atoms with Crippen LogP contribution in [-0.2, 0) is 11.2 Å². The highest BCUT2D eigenvalue weighted by atomic mass is 16.5. The Morgan fingerprint density at radius 1 is 1.50 bits per heavy atom. The van der Waals surface area contributed by atoms with E-state index in [9.17, 15) is 5.11 Å². The van der Waals surface area contributed by atoms with Gasteiger partial charge in [-0.25, -0.2) is 0 Å². The molecule has 0 spiro atoms. The van der Waals surface area contributed by atoms with Crippen LogP contribution in [0.4, 0.5) is 0 Å². The summed E-state index contributed by atoms with van der Waals surface area (Å²) in [6.07, 6.45) is 2.10. The van der Waals surface area contributed by atoms with E-state index >= 15 is 0 Å². The van der Waals surface area contributed by atoms with Crippen LogP contribution in [0.1, 0.15) is 5.76 Å². The molecule has 1 fully saturated rings. The fourth-order valence-electron chi connectivity index (χ4n) is 1.47. The molecule has 2 unspecified atom stereocenters. The molecule has 0 saturated carbocycles. The minimum atomic E-state index is -0.324. The molecule has 0 aromatic carbocycles. The van der Waals surface area contributed by atoms with Crippen LogP contribution in [0.2, 0.25) is 0 Å². The molecule has 0 amide bonds. The van der Waals surface area contributed by atoms with Gasteiger partial charge >= 0.3 is 0 Å². The van der Waals surface area contributed by atoms with Crippen molar-refractivity contribution in [2.75, 3.05) is 13.2 Å². The summed E-state index contributed by atoms with van der Waals surface area (Å²) in [6.45, 7) is 1.10. The molecule has 1 aromatic rings. The summed E-state index contributed by atoms with van der Waals surface area (Å²) in [5.74, 6) is 1.13. The molecule has 2 atom stereocenters. The average molecular weight is 168 g/mol. The first kappa shape index (κ1) is 7.83. The van der Waals surface area contributed by atoms with E-state index in [1.165, 1.54) is 0 Å². The van der Waals surface area contributed by atoms with Crippen LogP contribution in [0.25, 0.3) is 0 Å². The first-order chi connectivity index (χ1) is 5.86. The van der Waals surface area contributed by atoms with E-state index in [0.29, 0.717) is 13.2 Å². The molecule has 0 aliphatic carbocycles. The van der Waals surface area contributed by atoms with Crippen molar-refractivity contribution in [3.05, 3.63) is 24.2 Å². The third-order valence-electron chi connectivity index (χ3n) is 2.21. The normalized spacial score (nSPS) is 29.4. The second kappa shape index (κ2) is 3.29. The van der Waals surface area contributed by atoms with Gasteiger partial charge < -0.3 is 14.3 Å². The molecule has 1 aromatic heterocycles. The molecule has 12 heavy (non-hydrogen) atoms. The molecule has 3 heteroatoms. The third kappa shape index (κ3) is 1.52. The van der Waals surface area contributed by atoms with Crippen molar-refractivity contribution in [1.82, 2.24) is 0 Å². The molecular formula is C9H12O3. The minimum Gasteiger partial charge on any atom is -0.469 e. The summed E-state index contributed by atoms with van der Waals surface area (Å²) in [5.41, 5.74) is 0. The standard InChI is InChI=1S/C9H12O3/c10-9-6-11-5-7(9)4-8-2-1-3-12-8/h1-3,7,9-10H,4-6H2. The molecule has 1 N–H and O–H groups in total. The Morgan fingerprint density at radius 3 is 3.00 bits per heavy atom. The lowest BCUT2D eigenvalue weighted by atomic mass is 10.0. The van der Waals surface area contributed by atoms with Crippen molar-refractivity contribution in [2.45, 2.75) is 12.5 Å². The molecular weight excluding hydrogens is 156 g/mol. The number of rotatable bonds is 2. The molecule has 1 saturated heterocycles. The van der Waals surface area contributed by atoms with E-state index in [1.807, 2.05) is 12.1 Å². The number of hydrogen-bond acceptors (Lipinski definition) is 3. The Morgan fingerprint density at radius 2 is 2.42 bits per heavy atom. The average Bonchev–Trinajstić information content (AvgIpc) is 2.65. The predicted octanol–water partition coefficient (Wildman–Crippen LogP) is 0.829. The van der Waals surface area contributed by atoms with Crippen LogP contribution >= 0.6 is 0 Å². The fourth-order valence-corrected chi connectivity index (χ4v) is 1.47. The van der Waals surface area contributed by atoms with Gasteiger partial charge in [0, 0.05) is 12.3 Å². The highest BCUT2D eigenvalue weighted by Crippen LogP contribution is 2.18. The Labute approximate surface area is 71.0 Å². The van der Waals surface area contributed by atoms with Crippen molar-refractivity contribution in [2.24, 2.45) is 5.92 Å². The lowest BCUT2D eigenvalue weighted by molar-refractivity contribution is 0.117. The SMILES string of the molecule is OC1COCC1Cc1ccco1. The fraction of sp³-hybridized carbons (Fsp3) is 0.556. The first-order valence-corrected chi connectivity index (χ1v) is 4.14. The summed E-state index contributed by atoms with van der Waals surface area (Å²) in [7, 11) is 0. The van der Waals surface area contributed by atoms with Gasteiger partial charge in [0.15, 0.2) is 0 Å². The molecule has 1 aliphatic rings. The number of aliphatic hydroxyl groups is 1. The van der Waals surface area contributed by atoms with E-state index in [-0.39, 0.29) is 12.0 Å². The number of furan rings is 1. The van der Waals surface area contributed by atoms with E-state index in [1.54, 1.807) is 6.26 Å². The molecule has 1 aliphatic heterocycles. The quantitative estimate of drug-likeness (QED) is 0.711. The lowest BCUT2D eigenvalue weighted by Gasteiger charge is -2.09. The van der Waals surface area contributed by atoms with Gasteiger partial charge in [-0.15, -0.1) is 0 Å². The van der Waals surface area contributed by atoms with E-state index in [4.69, 9.17) is 9.15 Å². The summed E-state index contributed by atoms with van der Waals surface area (Å²) < 4.78 is 10.3. The predicted molar refractivity (Wildman–Crippen MR) is 42.7 cm³/mol. The Kier molecular flexibility index (Phi) is 2.15. The summed E-state index contributed by atoms with van der Waals surface area (Å²) in [5, 5.41) is 9.42. The molecule has 2 heterocycles. The second-order valence-electron chi connectivity index (χ2n) is 3.15. The summed E-state index contributed by atoms with van der Waals surface area (Å²) >= 11 is 0. The van der Waals surface area contributed by atoms with E-state index < -0.39 is 0 Å². The topological polar surface area (TPSA) is 42.6 Å². The smallest absolute Gasteiger partial charge is 0.104 e. The minimum absolute atomic E-state index is 0.205. The zero-order valence-electron chi connectivity index (χ0n) is 6.77. The highest BCUT2D eigenvalue weighted by Gasteiger charge is 2.26. The molecule has 3 nitrogen and oxygen atoms in total. The molecule has 0 bridgehead atoms. The first-order valence-electron chi connectivity index (χ1n) is 4.14. The number of hydrogen-bond donors (Lipinski definition) is 1. The summed E-state index contributed by atoms with van der Waals surface area (Å²) in [6, 6.07) is 3.78. The second-order valence-corrected chi connectivity index (χ2v) is 3.15. The molecule has 0 radical (unpaired) electrons. The van der Waals surface area contributed by atoms with Crippen LogP contribution in [0.5, 0.6) is 0 Å². The number of aliphatic hydroxyl groups excluding tert-OH is 1. The van der Waals surface area contributed by atoms with Gasteiger partial charge in [0.05, 0.1) is 25.6 Å². The Hall–Kier alpha value is -0.800. The lowest BCUT2D eigenvalue weighted by Crippen LogP contribution is -2.19. The highest BCUT2D eigenvalue weighted by molar-refractivity contribution is 5.00. The van der Waals surface area contributed by atoms with E-state index in [2.05, 4.69) is 0 Å². The van der Waals surface area contributed by atoms with Gasteiger partial charge in [0.2, 0.25) is 0 Å². The maximum atomic E-state index is 9.42. The zero-order chi connectivity index (χ0) is 8.39. The Bertz CT molecular complexity index is 230. The maximum Gasteiger partial charge on any atom is 0.104 e. The van der Waals surface area contributed by atoms with Crippen LogP contribution in [0.15, 0.2) is 22.8 Å². The zero-order valence-corrected chi connectivity index (χ0v) is 6.77. The van der Waals surface area contributed by atoms with Crippen molar-refractivity contribution < 1.29 is 14.3 Å². The van der Waals surface area contributed by atoms with Gasteiger partial charge in [0.25, 0.3) is 0 Å².